The Kier molecular flexibility index (Phi) is 6.81. The molecule has 0 aliphatic carbocycles. The van der Waals surface area contributed by atoms with Crippen molar-refractivity contribution in [3.63, 3.8) is 0 Å². The number of hydrogen-bond acceptors (Lipinski definition) is 5. The molecule has 0 spiro atoms. The van der Waals surface area contributed by atoms with Gasteiger partial charge in [0.05, 0.1) is 11.0 Å². The topological polar surface area (TPSA) is 119 Å². The minimum absolute atomic E-state index is 0.149. The standard InChI is InChI=1S/C14H18N2O6/c1-2-3-7-12(14(18)19)15-13(17)9-22-11-6-4-5-10(8-11)16(20)21/h4-6,8,12H,2-3,7,9H2,1H3,(H,15,17)(H,18,19). The predicted molar refractivity (Wildman–Crippen MR) is 77.7 cm³/mol. The van der Waals surface area contributed by atoms with E-state index in [4.69, 9.17) is 9.84 Å². The van der Waals surface area contributed by atoms with Gasteiger partial charge in [0.2, 0.25) is 0 Å². The summed E-state index contributed by atoms with van der Waals surface area (Å²) in [4.78, 5) is 32.7. The summed E-state index contributed by atoms with van der Waals surface area (Å²) in [5.41, 5.74) is -0.149. The van der Waals surface area contributed by atoms with Crippen LogP contribution in [0.3, 0.4) is 0 Å². The fourth-order valence-corrected chi connectivity index (χ4v) is 1.74. The molecule has 0 heterocycles. The second-order valence-corrected chi connectivity index (χ2v) is 4.64. The van der Waals surface area contributed by atoms with E-state index in [-0.39, 0.29) is 11.4 Å². The summed E-state index contributed by atoms with van der Waals surface area (Å²) in [6.45, 7) is 1.52. The summed E-state index contributed by atoms with van der Waals surface area (Å²) in [7, 11) is 0. The lowest BCUT2D eigenvalue weighted by molar-refractivity contribution is -0.384. The van der Waals surface area contributed by atoms with Gasteiger partial charge in [0.1, 0.15) is 11.8 Å². The van der Waals surface area contributed by atoms with Gasteiger partial charge in [-0.25, -0.2) is 4.79 Å². The molecule has 0 saturated carbocycles. The Morgan fingerprint density at radius 3 is 2.77 bits per heavy atom. The van der Waals surface area contributed by atoms with Crippen molar-refractivity contribution in [2.45, 2.75) is 32.2 Å². The summed E-state index contributed by atoms with van der Waals surface area (Å²) in [5.74, 6) is -1.52. The highest BCUT2D eigenvalue weighted by molar-refractivity contribution is 5.84. The van der Waals surface area contributed by atoms with Crippen LogP contribution in [0.4, 0.5) is 5.69 Å². The quantitative estimate of drug-likeness (QED) is 0.529. The van der Waals surface area contributed by atoms with Gasteiger partial charge in [0.15, 0.2) is 6.61 Å². The number of non-ortho nitro benzene ring substituents is 1. The molecule has 1 unspecified atom stereocenters. The molecule has 1 aromatic rings. The van der Waals surface area contributed by atoms with E-state index in [1.165, 1.54) is 24.3 Å². The SMILES string of the molecule is CCCCC(NC(=O)COc1cccc([N+](=O)[O-])c1)C(=O)O. The van der Waals surface area contributed by atoms with Crippen LogP contribution in [0.5, 0.6) is 5.75 Å². The van der Waals surface area contributed by atoms with Gasteiger partial charge in [-0.3, -0.25) is 14.9 Å². The number of aliphatic carboxylic acids is 1. The fraction of sp³-hybridized carbons (Fsp3) is 0.429. The number of nitrogens with zero attached hydrogens (tertiary/aromatic N) is 1. The number of nitro benzene ring substituents is 1. The average Bonchev–Trinajstić information content (AvgIpc) is 2.49. The number of nitro groups is 1. The maximum atomic E-state index is 11.7. The van der Waals surface area contributed by atoms with Crippen LogP contribution in [0, 0.1) is 10.1 Å². The number of rotatable bonds is 9. The minimum atomic E-state index is -1.10. The lowest BCUT2D eigenvalue weighted by Gasteiger charge is -2.14. The molecule has 0 aliphatic rings. The summed E-state index contributed by atoms with van der Waals surface area (Å²) < 4.78 is 5.13. The Balaban J connectivity index is 2.52. The third-order valence-corrected chi connectivity index (χ3v) is 2.88. The van der Waals surface area contributed by atoms with Gasteiger partial charge in [-0.2, -0.15) is 0 Å². The van der Waals surface area contributed by atoms with Crippen LogP contribution in [-0.2, 0) is 9.59 Å². The van der Waals surface area contributed by atoms with Crippen molar-refractivity contribution in [1.29, 1.82) is 0 Å². The number of carbonyl (C=O) groups excluding carboxylic acids is 1. The molecule has 1 rings (SSSR count). The number of carboxylic acid groups (broad SMARTS) is 1. The first kappa shape index (κ1) is 17.4. The Morgan fingerprint density at radius 2 is 2.18 bits per heavy atom. The summed E-state index contributed by atoms with van der Waals surface area (Å²) in [6.07, 6.45) is 1.85. The Morgan fingerprint density at radius 1 is 1.45 bits per heavy atom. The number of unbranched alkanes of at least 4 members (excludes halogenated alkanes) is 1. The van der Waals surface area contributed by atoms with E-state index < -0.39 is 29.4 Å². The molecule has 8 nitrogen and oxygen atoms in total. The number of benzene rings is 1. The van der Waals surface area contributed by atoms with E-state index in [0.29, 0.717) is 12.8 Å². The zero-order chi connectivity index (χ0) is 16.5. The second kappa shape index (κ2) is 8.60. The molecule has 1 amide bonds. The third kappa shape index (κ3) is 5.78. The van der Waals surface area contributed by atoms with Crippen LogP contribution in [0.15, 0.2) is 24.3 Å². The first-order valence-electron chi connectivity index (χ1n) is 6.83. The van der Waals surface area contributed by atoms with Crippen LogP contribution < -0.4 is 10.1 Å². The number of hydrogen-bond donors (Lipinski definition) is 2. The number of nitrogens with one attached hydrogen (secondary N) is 1. The highest BCUT2D eigenvalue weighted by Crippen LogP contribution is 2.18. The van der Waals surface area contributed by atoms with Gasteiger partial charge in [-0.15, -0.1) is 0 Å². The molecular formula is C14H18N2O6. The van der Waals surface area contributed by atoms with Crippen molar-refractivity contribution in [3.05, 3.63) is 34.4 Å². The predicted octanol–water partition coefficient (Wildman–Crippen LogP) is 1.73. The van der Waals surface area contributed by atoms with Crippen LogP contribution in [-0.4, -0.2) is 34.6 Å². The Labute approximate surface area is 127 Å². The van der Waals surface area contributed by atoms with Gasteiger partial charge in [-0.1, -0.05) is 25.8 Å². The van der Waals surface area contributed by atoms with Gasteiger partial charge in [-0.05, 0) is 12.5 Å². The molecule has 22 heavy (non-hydrogen) atoms. The highest BCUT2D eigenvalue weighted by Gasteiger charge is 2.19. The summed E-state index contributed by atoms with van der Waals surface area (Å²) >= 11 is 0. The van der Waals surface area contributed by atoms with E-state index in [9.17, 15) is 19.7 Å². The molecule has 120 valence electrons. The van der Waals surface area contributed by atoms with Gasteiger partial charge in [0, 0.05) is 6.07 Å². The number of carboxylic acids is 1. The lowest BCUT2D eigenvalue weighted by atomic mass is 10.1. The van der Waals surface area contributed by atoms with Crippen LogP contribution in [0.1, 0.15) is 26.2 Å². The maximum Gasteiger partial charge on any atom is 0.326 e. The molecule has 2 N–H and O–H groups in total. The molecule has 0 aliphatic heterocycles. The molecule has 1 aromatic carbocycles. The van der Waals surface area contributed by atoms with Crippen molar-refractivity contribution in [1.82, 2.24) is 5.32 Å². The van der Waals surface area contributed by atoms with Crippen molar-refractivity contribution < 1.29 is 24.4 Å². The van der Waals surface area contributed by atoms with Crippen LogP contribution >= 0.6 is 0 Å². The number of amides is 1. The van der Waals surface area contributed by atoms with E-state index in [1.54, 1.807) is 0 Å². The highest BCUT2D eigenvalue weighted by atomic mass is 16.6. The van der Waals surface area contributed by atoms with Crippen molar-refractivity contribution in [3.8, 4) is 5.75 Å². The lowest BCUT2D eigenvalue weighted by Crippen LogP contribution is -2.42. The molecule has 0 aromatic heterocycles. The maximum absolute atomic E-state index is 11.7. The normalized spacial score (nSPS) is 11.5. The van der Waals surface area contributed by atoms with Crippen molar-refractivity contribution in [2.75, 3.05) is 6.61 Å². The van der Waals surface area contributed by atoms with Gasteiger partial charge < -0.3 is 15.2 Å². The second-order valence-electron chi connectivity index (χ2n) is 4.64. The molecule has 1 atom stereocenters. The molecule has 0 fully saturated rings. The van der Waals surface area contributed by atoms with Gasteiger partial charge in [0.25, 0.3) is 11.6 Å². The Hall–Kier alpha value is -2.64. The zero-order valence-corrected chi connectivity index (χ0v) is 12.2. The molecule has 8 heteroatoms. The smallest absolute Gasteiger partial charge is 0.326 e. The summed E-state index contributed by atoms with van der Waals surface area (Å²) in [6, 6.07) is 4.46. The largest absolute Gasteiger partial charge is 0.484 e. The Bertz CT molecular complexity index is 546. The third-order valence-electron chi connectivity index (χ3n) is 2.88. The average molecular weight is 310 g/mol. The van der Waals surface area contributed by atoms with Gasteiger partial charge >= 0.3 is 5.97 Å². The van der Waals surface area contributed by atoms with E-state index in [1.807, 2.05) is 6.92 Å². The molecular weight excluding hydrogens is 292 g/mol. The summed E-state index contributed by atoms with van der Waals surface area (Å²) in [5, 5.41) is 22.0. The number of ether oxygens (including phenoxy) is 1. The minimum Gasteiger partial charge on any atom is -0.484 e. The first-order valence-corrected chi connectivity index (χ1v) is 6.83. The van der Waals surface area contributed by atoms with Crippen LogP contribution in [0.25, 0.3) is 0 Å². The van der Waals surface area contributed by atoms with E-state index >= 15 is 0 Å². The molecule has 0 saturated heterocycles. The van der Waals surface area contributed by atoms with E-state index in [2.05, 4.69) is 5.32 Å². The zero-order valence-electron chi connectivity index (χ0n) is 12.2. The molecule has 0 bridgehead atoms. The van der Waals surface area contributed by atoms with Crippen molar-refractivity contribution >= 4 is 17.6 Å². The fourth-order valence-electron chi connectivity index (χ4n) is 1.74. The monoisotopic (exact) mass is 310 g/mol. The van der Waals surface area contributed by atoms with Crippen LogP contribution in [0.2, 0.25) is 0 Å². The van der Waals surface area contributed by atoms with E-state index in [0.717, 1.165) is 6.42 Å². The first-order chi connectivity index (χ1) is 10.4. The van der Waals surface area contributed by atoms with Crippen molar-refractivity contribution in [2.24, 2.45) is 0 Å². The molecule has 0 radical (unpaired) electrons. The number of carbonyl (C=O) groups is 2.